The lowest BCUT2D eigenvalue weighted by molar-refractivity contribution is -0.145. The topological polar surface area (TPSA) is 54.9 Å². The summed E-state index contributed by atoms with van der Waals surface area (Å²) < 4.78 is 50.6. The highest BCUT2D eigenvalue weighted by Gasteiger charge is 2.34. The summed E-state index contributed by atoms with van der Waals surface area (Å²) in [5.41, 5.74) is 0.975. The second-order valence-electron chi connectivity index (χ2n) is 4.10. The van der Waals surface area contributed by atoms with Gasteiger partial charge in [0.15, 0.2) is 0 Å². The number of amides is 1. The molecule has 1 aromatic heterocycles. The van der Waals surface area contributed by atoms with Gasteiger partial charge in [-0.1, -0.05) is 6.07 Å². The quantitative estimate of drug-likeness (QED) is 0.697. The first kappa shape index (κ1) is 14.9. The zero-order valence-electron chi connectivity index (χ0n) is 10.5. The summed E-state index contributed by atoms with van der Waals surface area (Å²) in [5, 5.41) is 2.31. The molecule has 0 spiro atoms. The van der Waals surface area contributed by atoms with Crippen molar-refractivity contribution in [3.8, 4) is 11.1 Å². The number of nitrogens with zero attached hydrogens (tertiary/aromatic N) is 2. The van der Waals surface area contributed by atoms with Crippen LogP contribution in [0.3, 0.4) is 0 Å². The molecule has 110 valence electrons. The van der Waals surface area contributed by atoms with Gasteiger partial charge in [-0.15, -0.1) is 0 Å². The minimum Gasteiger partial charge on any atom is -0.354 e. The van der Waals surface area contributed by atoms with Gasteiger partial charge >= 0.3 is 6.18 Å². The smallest absolute Gasteiger partial charge is 0.354 e. The normalized spacial score (nSPS) is 11.2. The number of alkyl halides is 3. The first-order valence-electron chi connectivity index (χ1n) is 5.77. The SMILES string of the molecule is O=CNCc1cc(-c2cnc(C(F)(F)F)nc2)ccc1F. The highest BCUT2D eigenvalue weighted by atomic mass is 19.4. The van der Waals surface area contributed by atoms with Crippen molar-refractivity contribution < 1.29 is 22.4 Å². The molecule has 1 amide bonds. The Balaban J connectivity index is 2.31. The molecule has 1 heterocycles. The Bertz CT molecular complexity index is 641. The zero-order chi connectivity index (χ0) is 15.5. The number of nitrogens with one attached hydrogen (secondary N) is 1. The van der Waals surface area contributed by atoms with Crippen molar-refractivity contribution in [3.63, 3.8) is 0 Å². The first-order chi connectivity index (χ1) is 9.91. The Hall–Kier alpha value is -2.51. The van der Waals surface area contributed by atoms with E-state index < -0.39 is 17.8 Å². The third-order valence-electron chi connectivity index (χ3n) is 2.66. The van der Waals surface area contributed by atoms with E-state index in [2.05, 4.69) is 15.3 Å². The maximum Gasteiger partial charge on any atom is 0.451 e. The van der Waals surface area contributed by atoms with Crippen LogP contribution in [0.4, 0.5) is 17.6 Å². The molecule has 0 atom stereocenters. The Morgan fingerprint density at radius 1 is 1.14 bits per heavy atom. The van der Waals surface area contributed by atoms with Crippen LogP contribution in [0, 0.1) is 5.82 Å². The monoisotopic (exact) mass is 299 g/mol. The molecular weight excluding hydrogens is 290 g/mol. The van der Waals surface area contributed by atoms with E-state index in [-0.39, 0.29) is 12.1 Å². The summed E-state index contributed by atoms with van der Waals surface area (Å²) in [6, 6.07) is 3.97. The van der Waals surface area contributed by atoms with E-state index in [0.29, 0.717) is 17.5 Å². The maximum atomic E-state index is 13.5. The van der Waals surface area contributed by atoms with Crippen LogP contribution in [0.15, 0.2) is 30.6 Å². The molecular formula is C13H9F4N3O. The van der Waals surface area contributed by atoms with Gasteiger partial charge in [-0.3, -0.25) is 4.79 Å². The minimum atomic E-state index is -4.61. The number of halogens is 4. The molecule has 21 heavy (non-hydrogen) atoms. The Morgan fingerprint density at radius 3 is 2.38 bits per heavy atom. The second kappa shape index (κ2) is 5.86. The van der Waals surface area contributed by atoms with Gasteiger partial charge in [0, 0.05) is 30.1 Å². The van der Waals surface area contributed by atoms with Crippen molar-refractivity contribution in [1.82, 2.24) is 15.3 Å². The van der Waals surface area contributed by atoms with Crippen molar-refractivity contribution in [1.29, 1.82) is 0 Å². The van der Waals surface area contributed by atoms with E-state index in [1.165, 1.54) is 12.1 Å². The molecule has 2 aromatic rings. The third-order valence-corrected chi connectivity index (χ3v) is 2.66. The number of carbonyl (C=O) groups is 1. The van der Waals surface area contributed by atoms with Crippen LogP contribution in [-0.2, 0) is 17.5 Å². The third kappa shape index (κ3) is 3.53. The number of benzene rings is 1. The van der Waals surface area contributed by atoms with Crippen LogP contribution in [-0.4, -0.2) is 16.4 Å². The molecule has 0 fully saturated rings. The van der Waals surface area contributed by atoms with E-state index in [1.54, 1.807) is 0 Å². The number of aromatic nitrogens is 2. The first-order valence-corrected chi connectivity index (χ1v) is 5.77. The van der Waals surface area contributed by atoms with Crippen molar-refractivity contribution >= 4 is 6.41 Å². The van der Waals surface area contributed by atoms with Gasteiger partial charge in [0.1, 0.15) is 5.82 Å². The molecule has 0 saturated carbocycles. The van der Waals surface area contributed by atoms with Crippen LogP contribution in [0.5, 0.6) is 0 Å². The maximum absolute atomic E-state index is 13.5. The summed E-state index contributed by atoms with van der Waals surface area (Å²) in [6.45, 7) is -0.0231. The van der Waals surface area contributed by atoms with E-state index in [9.17, 15) is 22.4 Å². The molecule has 0 aliphatic carbocycles. The van der Waals surface area contributed by atoms with Gasteiger partial charge in [-0.25, -0.2) is 14.4 Å². The van der Waals surface area contributed by atoms with Crippen LogP contribution in [0.1, 0.15) is 11.4 Å². The summed E-state index contributed by atoms with van der Waals surface area (Å²) in [4.78, 5) is 16.7. The van der Waals surface area contributed by atoms with Crippen LogP contribution < -0.4 is 5.32 Å². The predicted molar refractivity (Wildman–Crippen MR) is 65.3 cm³/mol. The average Bonchev–Trinajstić information content (AvgIpc) is 2.46. The molecule has 0 aliphatic heterocycles. The molecule has 0 bridgehead atoms. The zero-order valence-corrected chi connectivity index (χ0v) is 10.5. The predicted octanol–water partition coefficient (Wildman–Crippen LogP) is 2.55. The van der Waals surface area contributed by atoms with Gasteiger partial charge < -0.3 is 5.32 Å². The van der Waals surface area contributed by atoms with E-state index in [0.717, 1.165) is 18.5 Å². The molecule has 0 aliphatic rings. The molecule has 4 nitrogen and oxygen atoms in total. The lowest BCUT2D eigenvalue weighted by atomic mass is 10.1. The number of hydrogen-bond donors (Lipinski definition) is 1. The molecule has 1 aromatic carbocycles. The Labute approximate surface area is 116 Å². The summed E-state index contributed by atoms with van der Waals surface area (Å²) >= 11 is 0. The molecule has 1 N–H and O–H groups in total. The van der Waals surface area contributed by atoms with Gasteiger partial charge in [0.25, 0.3) is 0 Å². The highest BCUT2D eigenvalue weighted by molar-refractivity contribution is 5.62. The number of carbonyl (C=O) groups excluding carboxylic acids is 1. The fourth-order valence-corrected chi connectivity index (χ4v) is 1.66. The molecule has 0 unspecified atom stereocenters. The van der Waals surface area contributed by atoms with Gasteiger partial charge in [0.2, 0.25) is 12.2 Å². The molecule has 0 saturated heterocycles. The fourth-order valence-electron chi connectivity index (χ4n) is 1.66. The second-order valence-corrected chi connectivity index (χ2v) is 4.10. The Kier molecular flexibility index (Phi) is 4.15. The van der Waals surface area contributed by atoms with E-state index in [4.69, 9.17) is 0 Å². The molecule has 0 radical (unpaired) electrons. The minimum absolute atomic E-state index is 0.0231. The standard InChI is InChI=1S/C13H9F4N3O/c14-11-2-1-8(3-9(11)4-18-7-21)10-5-19-12(20-6-10)13(15,16)17/h1-3,5-7H,4H2,(H,18,21). The lowest BCUT2D eigenvalue weighted by Gasteiger charge is -2.08. The summed E-state index contributed by atoms with van der Waals surface area (Å²) in [6.07, 6.45) is -2.16. The van der Waals surface area contributed by atoms with Gasteiger partial charge in [0.05, 0.1) is 0 Å². The van der Waals surface area contributed by atoms with E-state index in [1.807, 2.05) is 0 Å². The summed E-state index contributed by atoms with van der Waals surface area (Å²) in [7, 11) is 0. The molecule has 2 rings (SSSR count). The lowest BCUT2D eigenvalue weighted by Crippen LogP contribution is -2.11. The number of hydrogen-bond acceptors (Lipinski definition) is 3. The van der Waals surface area contributed by atoms with Crippen LogP contribution in [0.2, 0.25) is 0 Å². The van der Waals surface area contributed by atoms with Crippen molar-refractivity contribution in [2.24, 2.45) is 0 Å². The van der Waals surface area contributed by atoms with Crippen LogP contribution in [0.25, 0.3) is 11.1 Å². The largest absolute Gasteiger partial charge is 0.451 e. The van der Waals surface area contributed by atoms with Crippen molar-refractivity contribution in [2.75, 3.05) is 0 Å². The molecule has 8 heteroatoms. The van der Waals surface area contributed by atoms with Crippen LogP contribution >= 0.6 is 0 Å². The summed E-state index contributed by atoms with van der Waals surface area (Å²) in [5.74, 6) is -1.77. The Morgan fingerprint density at radius 2 is 1.81 bits per heavy atom. The number of rotatable bonds is 4. The van der Waals surface area contributed by atoms with Crippen molar-refractivity contribution in [3.05, 3.63) is 47.8 Å². The van der Waals surface area contributed by atoms with Gasteiger partial charge in [-0.2, -0.15) is 13.2 Å². The van der Waals surface area contributed by atoms with E-state index >= 15 is 0 Å². The van der Waals surface area contributed by atoms with Crippen molar-refractivity contribution in [2.45, 2.75) is 12.7 Å². The highest BCUT2D eigenvalue weighted by Crippen LogP contribution is 2.27. The fraction of sp³-hybridized carbons (Fsp3) is 0.154. The average molecular weight is 299 g/mol. The van der Waals surface area contributed by atoms with Gasteiger partial charge in [-0.05, 0) is 17.7 Å².